The fourth-order valence-electron chi connectivity index (χ4n) is 3.28. The molecule has 0 aliphatic carbocycles. The summed E-state index contributed by atoms with van der Waals surface area (Å²) in [4.78, 5) is 0. The molecule has 0 bridgehead atoms. The van der Waals surface area contributed by atoms with Gasteiger partial charge in [0.1, 0.15) is 48.1 Å². The van der Waals surface area contributed by atoms with Gasteiger partial charge in [0.25, 0.3) is 0 Å². The number of halogens is 6. The molecule has 0 fully saturated rings. The van der Waals surface area contributed by atoms with Crippen LogP contribution in [0.25, 0.3) is 11.1 Å². The van der Waals surface area contributed by atoms with E-state index < -0.39 is 67.7 Å². The minimum atomic E-state index is -5.63. The topological polar surface area (TPSA) is 167 Å². The minimum absolute atomic E-state index is 0.00806. The molecule has 0 N–H and O–H groups in total. The van der Waals surface area contributed by atoms with Crippen LogP contribution in [0.3, 0.4) is 0 Å². The highest BCUT2D eigenvalue weighted by molar-refractivity contribution is 5.84. The largest absolute Gasteiger partial charge is 0.419 e. The van der Waals surface area contributed by atoms with Gasteiger partial charge in [-0.05, 0) is 6.07 Å². The predicted octanol–water partition coefficient (Wildman–Crippen LogP) is 3.13. The molecule has 36 heavy (non-hydrogen) atoms. The normalized spacial score (nSPS) is 11.3. The Labute approximate surface area is 197 Å². The van der Waals surface area contributed by atoms with E-state index in [1.807, 2.05) is 0 Å². The van der Waals surface area contributed by atoms with E-state index in [4.69, 9.17) is 15.8 Å². The number of hydrogen-bond acceptors (Lipinski definition) is 7. The lowest BCUT2D eigenvalue weighted by Gasteiger charge is -2.19. The van der Waals surface area contributed by atoms with Crippen LogP contribution in [-0.2, 0) is 12.4 Å². The van der Waals surface area contributed by atoms with E-state index in [0.717, 1.165) is 24.3 Å². The van der Waals surface area contributed by atoms with Crippen molar-refractivity contribution in [1.82, 2.24) is 0 Å². The lowest BCUT2D eigenvalue weighted by molar-refractivity contribution is -0.143. The Bertz CT molecular complexity index is 1720. The molecule has 2 aromatic rings. The van der Waals surface area contributed by atoms with Crippen molar-refractivity contribution in [2.24, 2.45) is 0 Å². The van der Waals surface area contributed by atoms with E-state index in [2.05, 4.69) is 0 Å². The summed E-state index contributed by atoms with van der Waals surface area (Å²) in [5, 5.41) is 64.4. The second kappa shape index (κ2) is 9.59. The van der Waals surface area contributed by atoms with E-state index in [0.29, 0.717) is 0 Å². The molecule has 2 aromatic carbocycles. The van der Waals surface area contributed by atoms with Gasteiger partial charge in [-0.2, -0.15) is 63.2 Å². The Balaban J connectivity index is 3.42. The predicted molar refractivity (Wildman–Crippen MR) is 104 cm³/mol. The van der Waals surface area contributed by atoms with Crippen LogP contribution in [0.5, 0.6) is 0 Å². The smallest absolute Gasteiger partial charge is 0.192 e. The van der Waals surface area contributed by atoms with E-state index in [1.54, 1.807) is 0 Å². The van der Waals surface area contributed by atoms with Crippen LogP contribution in [0.1, 0.15) is 38.9 Å². The summed E-state index contributed by atoms with van der Waals surface area (Å²) in [6, 6.07) is 10.9. The lowest BCUT2D eigenvalue weighted by atomic mass is 9.87. The van der Waals surface area contributed by atoms with Gasteiger partial charge < -0.3 is 0 Å². The van der Waals surface area contributed by atoms with Gasteiger partial charge in [0.2, 0.25) is 0 Å². The van der Waals surface area contributed by atoms with Crippen LogP contribution >= 0.6 is 0 Å². The van der Waals surface area contributed by atoms with E-state index in [-0.39, 0.29) is 11.3 Å². The molecule has 0 aromatic heterocycles. The SMILES string of the molecule is N#CC(C#N)=c1cc/c(=C(\C#N)c2cc(C(F)(F)F)c(C#N)c(C(F)(F)F)c2C#N)c(C#N)c1C#N. The molecule has 0 saturated carbocycles. The summed E-state index contributed by atoms with van der Waals surface area (Å²) in [6.45, 7) is 0. The van der Waals surface area contributed by atoms with Crippen molar-refractivity contribution in [3.05, 3.63) is 67.6 Å². The standard InChI is InChI=1S/C23H3F6N7/c24-22(25,26)20-3-14(18(9-35)21(19(20)10-36)23(27,28)29)16(7-33)13-2-1-12(11(4-30)5-31)15(6-32)17(13)8-34/h1-3H/b16-13-. The maximum Gasteiger partial charge on any atom is 0.419 e. The summed E-state index contributed by atoms with van der Waals surface area (Å²) in [5.74, 6) is 0. The Morgan fingerprint density at radius 1 is 0.583 bits per heavy atom. The maximum atomic E-state index is 13.8. The lowest BCUT2D eigenvalue weighted by Crippen LogP contribution is -2.24. The summed E-state index contributed by atoms with van der Waals surface area (Å²) in [7, 11) is 0. The quantitative estimate of drug-likeness (QED) is 0.552. The first kappa shape index (κ1) is 26.4. The summed E-state index contributed by atoms with van der Waals surface area (Å²) in [5.41, 5.74) is -11.9. The molecule has 0 atom stereocenters. The van der Waals surface area contributed by atoms with Crippen LogP contribution in [0, 0.1) is 79.3 Å². The van der Waals surface area contributed by atoms with Gasteiger partial charge in [-0.1, -0.05) is 12.1 Å². The van der Waals surface area contributed by atoms with Gasteiger partial charge in [-0.15, -0.1) is 0 Å². The average molecular weight is 491 g/mol. The molecule has 0 amide bonds. The van der Waals surface area contributed by atoms with Crippen molar-refractivity contribution in [1.29, 1.82) is 36.8 Å². The monoisotopic (exact) mass is 491 g/mol. The van der Waals surface area contributed by atoms with Gasteiger partial charge in [0.15, 0.2) is 0 Å². The molecular weight excluding hydrogens is 488 g/mol. The third kappa shape index (κ3) is 4.35. The Morgan fingerprint density at radius 3 is 1.44 bits per heavy atom. The van der Waals surface area contributed by atoms with Crippen LogP contribution in [0.4, 0.5) is 26.3 Å². The zero-order chi connectivity index (χ0) is 27.4. The fourth-order valence-corrected chi connectivity index (χ4v) is 3.28. The molecule has 0 heterocycles. The molecule has 0 aliphatic rings. The van der Waals surface area contributed by atoms with Crippen LogP contribution in [-0.4, -0.2) is 0 Å². The highest BCUT2D eigenvalue weighted by Gasteiger charge is 2.44. The van der Waals surface area contributed by atoms with Crippen molar-refractivity contribution in [2.75, 3.05) is 0 Å². The minimum Gasteiger partial charge on any atom is -0.192 e. The molecule has 0 aliphatic heterocycles. The number of benzene rings is 2. The summed E-state index contributed by atoms with van der Waals surface area (Å²) >= 11 is 0. The Hall–Kier alpha value is -5.81. The van der Waals surface area contributed by atoms with Gasteiger partial charge in [0, 0.05) is 16.0 Å². The molecule has 0 radical (unpaired) electrons. The first-order valence-corrected chi connectivity index (χ1v) is 8.94. The van der Waals surface area contributed by atoms with Crippen molar-refractivity contribution in [3.8, 4) is 42.5 Å². The number of alkyl halides is 6. The highest BCUT2D eigenvalue weighted by Crippen LogP contribution is 2.43. The molecule has 172 valence electrons. The van der Waals surface area contributed by atoms with E-state index >= 15 is 0 Å². The zero-order valence-electron chi connectivity index (χ0n) is 17.1. The van der Waals surface area contributed by atoms with E-state index in [1.165, 1.54) is 30.3 Å². The Morgan fingerprint density at radius 2 is 1.06 bits per heavy atom. The Kier molecular flexibility index (Phi) is 7.04. The van der Waals surface area contributed by atoms with Crippen LogP contribution in [0.2, 0.25) is 0 Å². The average Bonchev–Trinajstić information content (AvgIpc) is 2.83. The van der Waals surface area contributed by atoms with Crippen molar-refractivity contribution >= 4 is 11.1 Å². The second-order valence-electron chi connectivity index (χ2n) is 6.54. The zero-order valence-corrected chi connectivity index (χ0v) is 17.1. The molecule has 2 rings (SSSR count). The van der Waals surface area contributed by atoms with E-state index in [9.17, 15) is 47.4 Å². The summed E-state index contributed by atoms with van der Waals surface area (Å²) in [6.07, 6.45) is -11.1. The summed E-state index contributed by atoms with van der Waals surface area (Å²) < 4.78 is 82.2. The first-order chi connectivity index (χ1) is 16.9. The second-order valence-corrected chi connectivity index (χ2v) is 6.54. The number of nitrogens with zero attached hydrogens (tertiary/aromatic N) is 7. The molecule has 0 spiro atoms. The number of hydrogen-bond donors (Lipinski definition) is 0. The molecule has 0 unspecified atom stereocenters. The first-order valence-electron chi connectivity index (χ1n) is 8.94. The van der Waals surface area contributed by atoms with Gasteiger partial charge in [-0.25, -0.2) is 0 Å². The fraction of sp³-hybridized carbons (Fsp3) is 0.0870. The highest BCUT2D eigenvalue weighted by atomic mass is 19.4. The van der Waals surface area contributed by atoms with Gasteiger partial charge >= 0.3 is 12.4 Å². The van der Waals surface area contributed by atoms with Crippen molar-refractivity contribution in [3.63, 3.8) is 0 Å². The van der Waals surface area contributed by atoms with Crippen LogP contribution < -0.4 is 10.4 Å². The molecular formula is C23H3F6N7. The molecule has 0 saturated heterocycles. The molecule has 13 heteroatoms. The van der Waals surface area contributed by atoms with Gasteiger partial charge in [0.05, 0.1) is 39.0 Å². The third-order valence-corrected chi connectivity index (χ3v) is 4.71. The van der Waals surface area contributed by atoms with Crippen LogP contribution in [0.15, 0.2) is 18.2 Å². The third-order valence-electron chi connectivity index (χ3n) is 4.71. The van der Waals surface area contributed by atoms with Crippen molar-refractivity contribution < 1.29 is 26.3 Å². The van der Waals surface area contributed by atoms with Gasteiger partial charge in [-0.3, -0.25) is 0 Å². The molecule has 7 nitrogen and oxygen atoms in total. The number of rotatable bonds is 1. The number of nitriles is 7. The maximum absolute atomic E-state index is 13.8. The van der Waals surface area contributed by atoms with Crippen molar-refractivity contribution in [2.45, 2.75) is 12.4 Å².